The van der Waals surface area contributed by atoms with E-state index in [2.05, 4.69) is 0 Å². The van der Waals surface area contributed by atoms with Crippen LogP contribution in [0.3, 0.4) is 0 Å². The highest BCUT2D eigenvalue weighted by molar-refractivity contribution is 5.79. The number of halogens is 3. The van der Waals surface area contributed by atoms with Gasteiger partial charge in [0.2, 0.25) is 5.91 Å². The Balaban J connectivity index is 2.19. The molecule has 122 valence electrons. The lowest BCUT2D eigenvalue weighted by molar-refractivity contribution is -0.196. The summed E-state index contributed by atoms with van der Waals surface area (Å²) < 4.78 is 39.4. The van der Waals surface area contributed by atoms with Crippen LogP contribution in [0.1, 0.15) is 29.5 Å². The summed E-state index contributed by atoms with van der Waals surface area (Å²) in [5.74, 6) is -0.508. The molecule has 0 unspecified atom stereocenters. The number of amides is 1. The Morgan fingerprint density at radius 3 is 2.64 bits per heavy atom. The van der Waals surface area contributed by atoms with Crippen LogP contribution in [0.25, 0.3) is 0 Å². The minimum absolute atomic E-state index is 0.0210. The summed E-state index contributed by atoms with van der Waals surface area (Å²) in [6, 6.07) is 3.53. The molecule has 2 atom stereocenters. The molecule has 1 saturated heterocycles. The average molecular weight is 314 g/mol. The van der Waals surface area contributed by atoms with Crippen LogP contribution in [0, 0.1) is 13.8 Å². The summed E-state index contributed by atoms with van der Waals surface area (Å²) in [5.41, 5.74) is 8.41. The highest BCUT2D eigenvalue weighted by Crippen LogP contribution is 2.32. The molecule has 1 heterocycles. The maximum Gasteiger partial charge on any atom is 0.408 e. The standard InChI is InChI=1S/C16H21F3N2O/c1-10-3-4-11(2)12(7-10)8-15(22)21-9-13(20)5-6-14(21)16(17,18)19/h3-4,7,13-14H,5-6,8-9,20H2,1-2H3/t13-,14-/m1/s1. The lowest BCUT2D eigenvalue weighted by Gasteiger charge is -2.39. The quantitative estimate of drug-likeness (QED) is 0.912. The van der Waals surface area contributed by atoms with Crippen molar-refractivity contribution in [2.24, 2.45) is 5.73 Å². The third-order valence-electron chi connectivity index (χ3n) is 4.16. The molecule has 0 radical (unpaired) electrons. The summed E-state index contributed by atoms with van der Waals surface area (Å²) >= 11 is 0. The summed E-state index contributed by atoms with van der Waals surface area (Å²) in [6.07, 6.45) is -4.26. The molecule has 0 aromatic heterocycles. The maximum absolute atomic E-state index is 13.1. The van der Waals surface area contributed by atoms with Gasteiger partial charge in [-0.15, -0.1) is 0 Å². The second kappa shape index (κ2) is 6.28. The Bertz CT molecular complexity index is 557. The van der Waals surface area contributed by atoms with Crippen molar-refractivity contribution in [1.29, 1.82) is 0 Å². The van der Waals surface area contributed by atoms with Crippen molar-refractivity contribution in [2.75, 3.05) is 6.54 Å². The number of nitrogens with zero attached hydrogens (tertiary/aromatic N) is 1. The number of likely N-dealkylation sites (tertiary alicyclic amines) is 1. The van der Waals surface area contributed by atoms with Gasteiger partial charge in [-0.3, -0.25) is 4.79 Å². The number of carbonyl (C=O) groups is 1. The molecule has 1 aliphatic rings. The molecule has 2 N–H and O–H groups in total. The maximum atomic E-state index is 13.1. The molecule has 0 aliphatic carbocycles. The van der Waals surface area contributed by atoms with Crippen molar-refractivity contribution < 1.29 is 18.0 Å². The zero-order chi connectivity index (χ0) is 16.5. The first-order chi connectivity index (χ1) is 10.2. The number of rotatable bonds is 2. The number of benzene rings is 1. The van der Waals surface area contributed by atoms with Gasteiger partial charge >= 0.3 is 6.18 Å². The predicted molar refractivity (Wildman–Crippen MR) is 78.4 cm³/mol. The first-order valence-corrected chi connectivity index (χ1v) is 7.36. The van der Waals surface area contributed by atoms with Crippen molar-refractivity contribution in [3.63, 3.8) is 0 Å². The molecule has 2 rings (SSSR count). The summed E-state index contributed by atoms with van der Waals surface area (Å²) in [5, 5.41) is 0. The summed E-state index contributed by atoms with van der Waals surface area (Å²) in [6.45, 7) is 3.71. The molecule has 6 heteroatoms. The van der Waals surface area contributed by atoms with E-state index in [1.165, 1.54) is 0 Å². The molecule has 1 aliphatic heterocycles. The van der Waals surface area contributed by atoms with Gasteiger partial charge in [-0.1, -0.05) is 23.8 Å². The minimum atomic E-state index is -4.41. The molecule has 0 bridgehead atoms. The van der Waals surface area contributed by atoms with Crippen molar-refractivity contribution in [3.05, 3.63) is 34.9 Å². The van der Waals surface area contributed by atoms with Crippen molar-refractivity contribution >= 4 is 5.91 Å². The lowest BCUT2D eigenvalue weighted by atomic mass is 9.96. The number of hydrogen-bond donors (Lipinski definition) is 1. The van der Waals surface area contributed by atoms with Gasteiger partial charge in [0.25, 0.3) is 0 Å². The molecular weight excluding hydrogens is 293 g/mol. The Morgan fingerprint density at radius 1 is 1.32 bits per heavy atom. The van der Waals surface area contributed by atoms with E-state index in [0.29, 0.717) is 0 Å². The fourth-order valence-corrected chi connectivity index (χ4v) is 2.87. The Kier molecular flexibility index (Phi) is 4.80. The number of aryl methyl sites for hydroxylation is 2. The van der Waals surface area contributed by atoms with Crippen LogP contribution in [0.4, 0.5) is 13.2 Å². The highest BCUT2D eigenvalue weighted by Gasteiger charge is 2.47. The van der Waals surface area contributed by atoms with Gasteiger partial charge in [-0.05, 0) is 37.8 Å². The van der Waals surface area contributed by atoms with Crippen molar-refractivity contribution in [1.82, 2.24) is 4.90 Å². The van der Waals surface area contributed by atoms with E-state index < -0.39 is 18.1 Å². The SMILES string of the molecule is Cc1ccc(C)c(CC(=O)N2C[C@H](N)CC[C@@H]2C(F)(F)F)c1. The molecular formula is C16H21F3N2O. The third kappa shape index (κ3) is 3.80. The van der Waals surface area contributed by atoms with Crippen molar-refractivity contribution in [2.45, 2.75) is 51.4 Å². The summed E-state index contributed by atoms with van der Waals surface area (Å²) in [7, 11) is 0. The lowest BCUT2D eigenvalue weighted by Crippen LogP contribution is -2.57. The first-order valence-electron chi connectivity index (χ1n) is 7.36. The van der Waals surface area contributed by atoms with E-state index in [0.717, 1.165) is 21.6 Å². The smallest absolute Gasteiger partial charge is 0.329 e. The molecule has 0 saturated carbocycles. The highest BCUT2D eigenvalue weighted by atomic mass is 19.4. The monoisotopic (exact) mass is 314 g/mol. The zero-order valence-corrected chi connectivity index (χ0v) is 12.8. The minimum Gasteiger partial charge on any atom is -0.329 e. The molecule has 22 heavy (non-hydrogen) atoms. The number of alkyl halides is 3. The molecule has 1 aromatic rings. The molecule has 0 spiro atoms. The fourth-order valence-electron chi connectivity index (χ4n) is 2.87. The van der Waals surface area contributed by atoms with Gasteiger partial charge in [-0.2, -0.15) is 13.2 Å². The topological polar surface area (TPSA) is 46.3 Å². The van der Waals surface area contributed by atoms with Gasteiger partial charge in [0.15, 0.2) is 0 Å². The van der Waals surface area contributed by atoms with E-state index in [-0.39, 0.29) is 31.8 Å². The second-order valence-corrected chi connectivity index (χ2v) is 6.05. The van der Waals surface area contributed by atoms with E-state index in [9.17, 15) is 18.0 Å². The van der Waals surface area contributed by atoms with Crippen molar-refractivity contribution in [3.8, 4) is 0 Å². The normalized spacial score (nSPS) is 22.7. The average Bonchev–Trinajstić information content (AvgIpc) is 2.41. The van der Waals surface area contributed by atoms with Crippen LogP contribution in [-0.2, 0) is 11.2 Å². The van der Waals surface area contributed by atoms with E-state index in [1.54, 1.807) is 0 Å². The summed E-state index contributed by atoms with van der Waals surface area (Å²) in [4.78, 5) is 13.3. The van der Waals surface area contributed by atoms with E-state index in [4.69, 9.17) is 5.73 Å². The Hall–Kier alpha value is -1.56. The van der Waals surface area contributed by atoms with Gasteiger partial charge in [0.1, 0.15) is 6.04 Å². The van der Waals surface area contributed by atoms with Crippen LogP contribution < -0.4 is 5.73 Å². The van der Waals surface area contributed by atoms with Crippen LogP contribution in [0.15, 0.2) is 18.2 Å². The van der Waals surface area contributed by atoms with E-state index in [1.807, 2.05) is 32.0 Å². The zero-order valence-electron chi connectivity index (χ0n) is 12.8. The van der Waals surface area contributed by atoms with Gasteiger partial charge in [0.05, 0.1) is 6.42 Å². The molecule has 1 aromatic carbocycles. The predicted octanol–water partition coefficient (Wildman–Crippen LogP) is 2.73. The van der Waals surface area contributed by atoms with Gasteiger partial charge < -0.3 is 10.6 Å². The van der Waals surface area contributed by atoms with Gasteiger partial charge in [-0.25, -0.2) is 0 Å². The third-order valence-corrected chi connectivity index (χ3v) is 4.16. The first kappa shape index (κ1) is 16.8. The van der Waals surface area contributed by atoms with Gasteiger partial charge in [0, 0.05) is 12.6 Å². The van der Waals surface area contributed by atoms with Crippen LogP contribution >= 0.6 is 0 Å². The number of nitrogens with two attached hydrogens (primary N) is 1. The molecule has 3 nitrogen and oxygen atoms in total. The van der Waals surface area contributed by atoms with Crippen LogP contribution in [0.2, 0.25) is 0 Å². The van der Waals surface area contributed by atoms with E-state index >= 15 is 0 Å². The number of hydrogen-bond acceptors (Lipinski definition) is 2. The van der Waals surface area contributed by atoms with Crippen LogP contribution in [-0.4, -0.2) is 35.6 Å². The Labute approximate surface area is 128 Å². The second-order valence-electron chi connectivity index (χ2n) is 6.05. The number of carbonyl (C=O) groups excluding carboxylic acids is 1. The molecule has 1 fully saturated rings. The molecule has 1 amide bonds. The number of piperidine rings is 1. The largest absolute Gasteiger partial charge is 0.408 e. The Morgan fingerprint density at radius 2 is 2.00 bits per heavy atom. The fraction of sp³-hybridized carbons (Fsp3) is 0.562. The van der Waals surface area contributed by atoms with Crippen LogP contribution in [0.5, 0.6) is 0 Å².